The molecule has 2 atom stereocenters. The zero-order chi connectivity index (χ0) is 20.5. The van der Waals surface area contributed by atoms with Gasteiger partial charge < -0.3 is 14.4 Å². The molecule has 7 heteroatoms. The lowest BCUT2D eigenvalue weighted by molar-refractivity contribution is -0.141. The van der Waals surface area contributed by atoms with Crippen molar-refractivity contribution in [1.82, 2.24) is 9.80 Å². The quantitative estimate of drug-likeness (QED) is 0.708. The van der Waals surface area contributed by atoms with Crippen LogP contribution in [0.15, 0.2) is 12.1 Å². The smallest absolute Gasteiger partial charge is 0.233 e. The number of imide groups is 1. The van der Waals surface area contributed by atoms with Gasteiger partial charge in [-0.2, -0.15) is 0 Å². The standard InChI is InChI=1S/C22H28N2O5/c1-28-18-11-14-7-9-23(13-15(14)12-19(18)29-2)20(25)8-10-24-21(26)16-5-3-4-6-17(16)22(24)27/h11-12,16-17H,3-10,13H2,1-2H3/t16-,17-/m0/s1. The van der Waals surface area contributed by atoms with Gasteiger partial charge in [-0.15, -0.1) is 0 Å². The third-order valence-electron chi connectivity index (χ3n) is 6.55. The highest BCUT2D eigenvalue weighted by molar-refractivity contribution is 6.05. The molecule has 4 rings (SSSR count). The van der Waals surface area contributed by atoms with Crippen molar-refractivity contribution in [3.8, 4) is 11.5 Å². The van der Waals surface area contributed by atoms with Crippen molar-refractivity contribution in [2.75, 3.05) is 27.3 Å². The second-order valence-electron chi connectivity index (χ2n) is 8.12. The fourth-order valence-electron chi connectivity index (χ4n) is 4.91. The molecular formula is C22H28N2O5. The van der Waals surface area contributed by atoms with Crippen molar-refractivity contribution >= 4 is 17.7 Å². The molecule has 29 heavy (non-hydrogen) atoms. The first-order chi connectivity index (χ1) is 14.0. The monoisotopic (exact) mass is 400 g/mol. The molecule has 1 aliphatic carbocycles. The van der Waals surface area contributed by atoms with Gasteiger partial charge in [0.1, 0.15) is 0 Å². The summed E-state index contributed by atoms with van der Waals surface area (Å²) in [6, 6.07) is 3.89. The average Bonchev–Trinajstić information content (AvgIpc) is 3.00. The molecule has 3 aliphatic rings. The zero-order valence-electron chi connectivity index (χ0n) is 17.1. The molecule has 0 spiro atoms. The van der Waals surface area contributed by atoms with E-state index in [4.69, 9.17) is 9.47 Å². The minimum Gasteiger partial charge on any atom is -0.493 e. The van der Waals surface area contributed by atoms with Crippen LogP contribution in [0.3, 0.4) is 0 Å². The van der Waals surface area contributed by atoms with Gasteiger partial charge in [0, 0.05) is 26.1 Å². The van der Waals surface area contributed by atoms with Gasteiger partial charge in [-0.3, -0.25) is 19.3 Å². The Morgan fingerprint density at radius 3 is 2.17 bits per heavy atom. The Kier molecular flexibility index (Phi) is 5.48. The third-order valence-corrected chi connectivity index (χ3v) is 6.55. The summed E-state index contributed by atoms with van der Waals surface area (Å²) in [6.07, 6.45) is 4.54. The van der Waals surface area contributed by atoms with E-state index in [0.29, 0.717) is 24.6 Å². The minimum absolute atomic E-state index is 0.0269. The number of hydrogen-bond donors (Lipinski definition) is 0. The van der Waals surface area contributed by atoms with Gasteiger partial charge in [0.05, 0.1) is 26.1 Å². The van der Waals surface area contributed by atoms with Gasteiger partial charge >= 0.3 is 0 Å². The van der Waals surface area contributed by atoms with Crippen molar-refractivity contribution in [3.05, 3.63) is 23.3 Å². The molecule has 0 aromatic heterocycles. The van der Waals surface area contributed by atoms with Crippen LogP contribution in [0.4, 0.5) is 0 Å². The minimum atomic E-state index is -0.157. The van der Waals surface area contributed by atoms with Gasteiger partial charge in [-0.1, -0.05) is 12.8 Å². The fourth-order valence-corrected chi connectivity index (χ4v) is 4.91. The third kappa shape index (κ3) is 3.58. The van der Waals surface area contributed by atoms with Gasteiger partial charge in [-0.25, -0.2) is 0 Å². The number of fused-ring (bicyclic) bond motifs is 2. The second-order valence-corrected chi connectivity index (χ2v) is 8.12. The number of carbonyl (C=O) groups is 3. The number of carbonyl (C=O) groups excluding carboxylic acids is 3. The van der Waals surface area contributed by atoms with Crippen LogP contribution in [0.1, 0.15) is 43.2 Å². The molecule has 2 heterocycles. The van der Waals surface area contributed by atoms with Gasteiger partial charge in [0.15, 0.2) is 11.5 Å². The van der Waals surface area contributed by atoms with Crippen LogP contribution in [-0.2, 0) is 27.3 Å². The summed E-state index contributed by atoms with van der Waals surface area (Å²) in [7, 11) is 3.21. The van der Waals surface area contributed by atoms with Crippen LogP contribution in [0.2, 0.25) is 0 Å². The lowest BCUT2D eigenvalue weighted by atomic mass is 9.81. The predicted octanol–water partition coefficient (Wildman–Crippen LogP) is 2.15. The fraction of sp³-hybridized carbons (Fsp3) is 0.591. The largest absolute Gasteiger partial charge is 0.493 e. The topological polar surface area (TPSA) is 76.2 Å². The molecule has 1 aromatic carbocycles. The Bertz CT molecular complexity index is 813. The van der Waals surface area contributed by atoms with E-state index in [1.807, 2.05) is 12.1 Å². The predicted molar refractivity (Wildman–Crippen MR) is 105 cm³/mol. The van der Waals surface area contributed by atoms with Crippen molar-refractivity contribution in [2.24, 2.45) is 11.8 Å². The number of rotatable bonds is 5. The second kappa shape index (κ2) is 8.05. The number of amides is 3. The maximum absolute atomic E-state index is 12.8. The molecule has 0 radical (unpaired) electrons. The highest BCUT2D eigenvalue weighted by Crippen LogP contribution is 2.38. The molecule has 7 nitrogen and oxygen atoms in total. The summed E-state index contributed by atoms with van der Waals surface area (Å²) in [5.74, 6) is 0.851. The SMILES string of the molecule is COc1cc2c(cc1OC)CN(C(=O)CCN1C(=O)[C@H]3CCCC[C@@H]3C1=O)CC2. The van der Waals surface area contributed by atoms with E-state index < -0.39 is 0 Å². The number of nitrogens with zero attached hydrogens (tertiary/aromatic N) is 2. The van der Waals surface area contributed by atoms with E-state index in [-0.39, 0.29) is 42.5 Å². The molecule has 1 aromatic rings. The van der Waals surface area contributed by atoms with E-state index in [9.17, 15) is 14.4 Å². The Labute approximate surface area is 170 Å². The summed E-state index contributed by atoms with van der Waals surface area (Å²) < 4.78 is 10.7. The molecule has 1 saturated heterocycles. The van der Waals surface area contributed by atoms with E-state index >= 15 is 0 Å². The molecule has 0 bridgehead atoms. The molecule has 0 N–H and O–H groups in total. The van der Waals surface area contributed by atoms with E-state index in [1.165, 1.54) is 4.90 Å². The van der Waals surface area contributed by atoms with Gasteiger partial charge in [0.25, 0.3) is 0 Å². The summed E-state index contributed by atoms with van der Waals surface area (Å²) >= 11 is 0. The van der Waals surface area contributed by atoms with Crippen LogP contribution in [-0.4, -0.2) is 54.8 Å². The van der Waals surface area contributed by atoms with Crippen molar-refractivity contribution < 1.29 is 23.9 Å². The highest BCUT2D eigenvalue weighted by Gasteiger charge is 2.47. The highest BCUT2D eigenvalue weighted by atomic mass is 16.5. The zero-order valence-corrected chi connectivity index (χ0v) is 17.1. The van der Waals surface area contributed by atoms with E-state index in [2.05, 4.69) is 0 Å². The summed E-state index contributed by atoms with van der Waals surface area (Å²) in [5.41, 5.74) is 2.20. The summed E-state index contributed by atoms with van der Waals surface area (Å²) in [6.45, 7) is 1.31. The van der Waals surface area contributed by atoms with Crippen LogP contribution in [0.5, 0.6) is 11.5 Å². The molecule has 156 valence electrons. The maximum Gasteiger partial charge on any atom is 0.233 e. The van der Waals surface area contributed by atoms with Crippen molar-refractivity contribution in [1.29, 1.82) is 0 Å². The Morgan fingerprint density at radius 2 is 1.59 bits per heavy atom. The molecular weight excluding hydrogens is 372 g/mol. The first kappa shape index (κ1) is 19.7. The number of hydrogen-bond acceptors (Lipinski definition) is 5. The number of likely N-dealkylation sites (tertiary alicyclic amines) is 1. The Morgan fingerprint density at radius 1 is 1.00 bits per heavy atom. The van der Waals surface area contributed by atoms with Crippen molar-refractivity contribution in [2.45, 2.75) is 45.1 Å². The summed E-state index contributed by atoms with van der Waals surface area (Å²) in [5, 5.41) is 0. The lowest BCUT2D eigenvalue weighted by Gasteiger charge is -2.30. The van der Waals surface area contributed by atoms with Gasteiger partial charge in [0.2, 0.25) is 17.7 Å². The lowest BCUT2D eigenvalue weighted by Crippen LogP contribution is -2.39. The molecule has 2 aliphatic heterocycles. The van der Waals surface area contributed by atoms with Crippen LogP contribution in [0.25, 0.3) is 0 Å². The van der Waals surface area contributed by atoms with Crippen LogP contribution in [0, 0.1) is 11.8 Å². The maximum atomic E-state index is 12.8. The Balaban J connectivity index is 1.39. The normalized spacial score (nSPS) is 23.7. The molecule has 3 amide bonds. The number of ether oxygens (including phenoxy) is 2. The van der Waals surface area contributed by atoms with Crippen molar-refractivity contribution in [3.63, 3.8) is 0 Å². The van der Waals surface area contributed by atoms with Gasteiger partial charge in [-0.05, 0) is 42.5 Å². The average molecular weight is 400 g/mol. The molecule has 0 unspecified atom stereocenters. The Hall–Kier alpha value is -2.57. The molecule has 1 saturated carbocycles. The molecule has 2 fully saturated rings. The number of benzene rings is 1. The summed E-state index contributed by atoms with van der Waals surface area (Å²) in [4.78, 5) is 41.1. The van der Waals surface area contributed by atoms with Crippen LogP contribution < -0.4 is 9.47 Å². The first-order valence-corrected chi connectivity index (χ1v) is 10.4. The number of methoxy groups -OCH3 is 2. The first-order valence-electron chi connectivity index (χ1n) is 10.4. The van der Waals surface area contributed by atoms with Crippen LogP contribution >= 0.6 is 0 Å². The van der Waals surface area contributed by atoms with E-state index in [1.54, 1.807) is 19.1 Å². The van der Waals surface area contributed by atoms with E-state index in [0.717, 1.165) is 43.2 Å².